The van der Waals surface area contributed by atoms with E-state index >= 15 is 0 Å². The first kappa shape index (κ1) is 10.0. The maximum absolute atomic E-state index is 12.1. The van der Waals surface area contributed by atoms with Gasteiger partial charge in [-0.1, -0.05) is 6.07 Å². The molecule has 1 saturated heterocycles. The predicted octanol–water partition coefficient (Wildman–Crippen LogP) is 2.81. The Kier molecular flexibility index (Phi) is 2.32. The Morgan fingerprint density at radius 1 is 1.31 bits per heavy atom. The molecule has 0 aromatic heterocycles. The van der Waals surface area contributed by atoms with Crippen molar-refractivity contribution < 1.29 is 13.5 Å². The molecule has 0 radical (unpaired) electrons. The Balaban J connectivity index is 1.94. The topological polar surface area (TPSA) is 21.3 Å². The van der Waals surface area contributed by atoms with Crippen LogP contribution in [0.25, 0.3) is 0 Å². The van der Waals surface area contributed by atoms with E-state index in [0.29, 0.717) is 12.0 Å². The lowest BCUT2D eigenvalue weighted by Gasteiger charge is -2.20. The van der Waals surface area contributed by atoms with Gasteiger partial charge in [0.25, 0.3) is 0 Å². The van der Waals surface area contributed by atoms with Crippen LogP contribution in [-0.4, -0.2) is 13.2 Å². The molecule has 1 heterocycles. The van der Waals surface area contributed by atoms with Crippen molar-refractivity contribution in [1.82, 2.24) is 5.32 Å². The van der Waals surface area contributed by atoms with Crippen LogP contribution in [0.4, 0.5) is 8.78 Å². The Bertz CT molecular complexity index is 408. The smallest absolute Gasteiger partial charge is 0.387 e. The van der Waals surface area contributed by atoms with Gasteiger partial charge in [-0.2, -0.15) is 8.78 Å². The van der Waals surface area contributed by atoms with Gasteiger partial charge in [0.2, 0.25) is 0 Å². The number of alkyl halides is 2. The maximum atomic E-state index is 12.1. The Morgan fingerprint density at radius 2 is 2.19 bits per heavy atom. The van der Waals surface area contributed by atoms with Gasteiger partial charge in [0.1, 0.15) is 5.75 Å². The number of halogens is 2. The zero-order valence-corrected chi connectivity index (χ0v) is 8.75. The van der Waals surface area contributed by atoms with Crippen molar-refractivity contribution in [3.63, 3.8) is 0 Å². The number of benzene rings is 1. The summed E-state index contributed by atoms with van der Waals surface area (Å²) >= 11 is 0. The first-order valence-electron chi connectivity index (χ1n) is 5.56. The second-order valence-electron chi connectivity index (χ2n) is 4.40. The van der Waals surface area contributed by atoms with E-state index in [4.69, 9.17) is 0 Å². The molecule has 86 valence electrons. The highest BCUT2D eigenvalue weighted by atomic mass is 19.3. The van der Waals surface area contributed by atoms with Crippen LogP contribution in [0.5, 0.6) is 5.75 Å². The minimum absolute atomic E-state index is 0.279. The van der Waals surface area contributed by atoms with Gasteiger partial charge in [-0.25, -0.2) is 0 Å². The van der Waals surface area contributed by atoms with Crippen molar-refractivity contribution in [2.75, 3.05) is 6.54 Å². The molecule has 2 nitrogen and oxygen atoms in total. The predicted molar refractivity (Wildman–Crippen MR) is 55.8 cm³/mol. The van der Waals surface area contributed by atoms with E-state index in [1.807, 2.05) is 6.07 Å². The normalized spacial score (nSPS) is 26.9. The lowest BCUT2D eigenvalue weighted by atomic mass is 9.96. The van der Waals surface area contributed by atoms with E-state index < -0.39 is 6.61 Å². The van der Waals surface area contributed by atoms with Crippen LogP contribution in [0.15, 0.2) is 18.2 Å². The van der Waals surface area contributed by atoms with Gasteiger partial charge in [0.15, 0.2) is 0 Å². The van der Waals surface area contributed by atoms with Crippen molar-refractivity contribution in [3.8, 4) is 5.75 Å². The molecule has 2 aliphatic rings. The van der Waals surface area contributed by atoms with E-state index in [1.165, 1.54) is 11.1 Å². The molecule has 1 aromatic carbocycles. The number of hydrogen-bond acceptors (Lipinski definition) is 2. The maximum Gasteiger partial charge on any atom is 0.387 e. The van der Waals surface area contributed by atoms with Crippen LogP contribution in [0, 0.1) is 0 Å². The standard InChI is InChI=1S/C12H13F2NO/c13-12(14)16-8-1-2-9-10(6-8)7-3-4-15-11(9)5-7/h1-2,6-7,11-12,15H,3-5H2/t7-,11+/m1/s1. The molecule has 0 saturated carbocycles. The molecule has 2 atom stereocenters. The van der Waals surface area contributed by atoms with E-state index in [9.17, 15) is 8.78 Å². The van der Waals surface area contributed by atoms with E-state index in [-0.39, 0.29) is 5.75 Å². The molecule has 0 unspecified atom stereocenters. The van der Waals surface area contributed by atoms with Gasteiger partial charge in [0, 0.05) is 6.04 Å². The van der Waals surface area contributed by atoms with Crippen LogP contribution < -0.4 is 10.1 Å². The second kappa shape index (κ2) is 3.70. The molecule has 1 N–H and O–H groups in total. The summed E-state index contributed by atoms with van der Waals surface area (Å²) < 4.78 is 28.6. The van der Waals surface area contributed by atoms with E-state index in [1.54, 1.807) is 12.1 Å². The molecule has 1 aliphatic heterocycles. The molecule has 0 amide bonds. The van der Waals surface area contributed by atoms with Gasteiger partial charge in [-0.05, 0) is 48.6 Å². The lowest BCUT2D eigenvalue weighted by molar-refractivity contribution is -0.0498. The monoisotopic (exact) mass is 225 g/mol. The Hall–Kier alpha value is -1.16. The first-order chi connectivity index (χ1) is 7.74. The summed E-state index contributed by atoms with van der Waals surface area (Å²) in [5.41, 5.74) is 2.44. The zero-order chi connectivity index (χ0) is 11.1. The van der Waals surface area contributed by atoms with Crippen molar-refractivity contribution in [3.05, 3.63) is 29.3 Å². The van der Waals surface area contributed by atoms with Crippen molar-refractivity contribution in [2.45, 2.75) is 31.4 Å². The van der Waals surface area contributed by atoms with Crippen LogP contribution in [0.3, 0.4) is 0 Å². The molecule has 1 aromatic rings. The van der Waals surface area contributed by atoms with Crippen molar-refractivity contribution >= 4 is 0 Å². The van der Waals surface area contributed by atoms with Gasteiger partial charge < -0.3 is 10.1 Å². The lowest BCUT2D eigenvalue weighted by Crippen LogP contribution is -2.24. The second-order valence-corrected chi connectivity index (χ2v) is 4.40. The molecular formula is C12H13F2NO. The molecule has 3 rings (SSSR count). The van der Waals surface area contributed by atoms with Gasteiger partial charge >= 0.3 is 6.61 Å². The molecule has 4 heteroatoms. The fraction of sp³-hybridized carbons (Fsp3) is 0.500. The van der Waals surface area contributed by atoms with Crippen molar-refractivity contribution in [2.24, 2.45) is 0 Å². The highest BCUT2D eigenvalue weighted by molar-refractivity contribution is 5.44. The number of hydrogen-bond donors (Lipinski definition) is 1. The fourth-order valence-electron chi connectivity index (χ4n) is 2.84. The summed E-state index contributed by atoms with van der Waals surface area (Å²) in [5, 5.41) is 3.44. The number of rotatable bonds is 2. The van der Waals surface area contributed by atoms with Gasteiger partial charge in [-0.15, -0.1) is 0 Å². The first-order valence-corrected chi connectivity index (χ1v) is 5.56. The summed E-state index contributed by atoms with van der Waals surface area (Å²) in [5.74, 6) is 0.795. The minimum atomic E-state index is -2.74. The summed E-state index contributed by atoms with van der Waals surface area (Å²) in [6.45, 7) is -1.73. The SMILES string of the molecule is FC(F)Oc1ccc2c(c1)[C@@H]1CCN[C@H]2C1. The third kappa shape index (κ3) is 1.57. The van der Waals surface area contributed by atoms with Crippen LogP contribution >= 0.6 is 0 Å². The molecular weight excluding hydrogens is 212 g/mol. The highest BCUT2D eigenvalue weighted by Crippen LogP contribution is 2.45. The summed E-state index contributed by atoms with van der Waals surface area (Å²) in [6.07, 6.45) is 2.18. The number of fused-ring (bicyclic) bond motifs is 5. The number of piperidine rings is 1. The largest absolute Gasteiger partial charge is 0.435 e. The van der Waals surface area contributed by atoms with Crippen LogP contribution in [-0.2, 0) is 0 Å². The number of nitrogens with one attached hydrogen (secondary N) is 1. The quantitative estimate of drug-likeness (QED) is 0.835. The zero-order valence-electron chi connectivity index (χ0n) is 8.75. The van der Waals surface area contributed by atoms with E-state index in [2.05, 4.69) is 10.1 Å². The Morgan fingerprint density at radius 3 is 3.00 bits per heavy atom. The van der Waals surface area contributed by atoms with Gasteiger partial charge in [-0.3, -0.25) is 0 Å². The number of ether oxygens (including phenoxy) is 1. The average molecular weight is 225 g/mol. The van der Waals surface area contributed by atoms with Crippen LogP contribution in [0.1, 0.15) is 35.9 Å². The van der Waals surface area contributed by atoms with Crippen molar-refractivity contribution in [1.29, 1.82) is 0 Å². The summed E-state index contributed by atoms with van der Waals surface area (Å²) in [7, 11) is 0. The molecule has 2 bridgehead atoms. The minimum Gasteiger partial charge on any atom is -0.435 e. The molecule has 1 fully saturated rings. The van der Waals surface area contributed by atoms with E-state index in [0.717, 1.165) is 19.4 Å². The highest BCUT2D eigenvalue weighted by Gasteiger charge is 2.34. The Labute approximate surface area is 92.6 Å². The molecule has 0 spiro atoms. The van der Waals surface area contributed by atoms with Crippen LogP contribution in [0.2, 0.25) is 0 Å². The van der Waals surface area contributed by atoms with Gasteiger partial charge in [0.05, 0.1) is 0 Å². The fourth-order valence-corrected chi connectivity index (χ4v) is 2.84. The summed E-state index contributed by atoms with van der Waals surface area (Å²) in [4.78, 5) is 0. The third-order valence-corrected chi connectivity index (χ3v) is 3.50. The third-order valence-electron chi connectivity index (χ3n) is 3.50. The average Bonchev–Trinajstić information content (AvgIpc) is 2.50. The molecule has 16 heavy (non-hydrogen) atoms. The summed E-state index contributed by atoms with van der Waals surface area (Å²) in [6, 6.07) is 5.73. The molecule has 1 aliphatic carbocycles.